The number of ether oxygens (including phenoxy) is 1. The third kappa shape index (κ3) is 3.56. The highest BCUT2D eigenvalue weighted by molar-refractivity contribution is 7.99. The van der Waals surface area contributed by atoms with Crippen LogP contribution in [0.15, 0.2) is 53.4 Å². The lowest BCUT2D eigenvalue weighted by Crippen LogP contribution is -2.21. The molecule has 1 N–H and O–H groups in total. The normalized spacial score (nSPS) is 14.7. The number of rotatable bonds is 5. The monoisotopic (exact) mass is 350 g/mol. The van der Waals surface area contributed by atoms with Crippen LogP contribution in [-0.2, 0) is 10.0 Å². The molecule has 0 saturated carbocycles. The molecular weight excluding hydrogens is 332 g/mol. The third-order valence-corrected chi connectivity index (χ3v) is 5.96. The molecule has 1 saturated heterocycles. The lowest BCUT2D eigenvalue weighted by molar-refractivity contribution is 0.414. The first kappa shape index (κ1) is 16.0. The van der Waals surface area contributed by atoms with Crippen LogP contribution in [0.5, 0.6) is 5.75 Å². The van der Waals surface area contributed by atoms with Crippen LogP contribution in [0, 0.1) is 0 Å². The molecule has 1 fully saturated rings. The van der Waals surface area contributed by atoms with Gasteiger partial charge in [0.1, 0.15) is 5.75 Å². The van der Waals surface area contributed by atoms with Crippen LogP contribution in [0.3, 0.4) is 0 Å². The van der Waals surface area contributed by atoms with Gasteiger partial charge < -0.3 is 9.64 Å². The minimum Gasteiger partial charge on any atom is -0.497 e. The number of benzene rings is 2. The first-order chi connectivity index (χ1) is 11.1. The smallest absolute Gasteiger partial charge is 0.261 e. The summed E-state index contributed by atoms with van der Waals surface area (Å²) in [4.78, 5) is 2.39. The van der Waals surface area contributed by atoms with Crippen molar-refractivity contribution in [3.63, 3.8) is 0 Å². The van der Waals surface area contributed by atoms with E-state index in [1.807, 2.05) is 30.0 Å². The maximum atomic E-state index is 12.6. The predicted molar refractivity (Wildman–Crippen MR) is 94.9 cm³/mol. The van der Waals surface area contributed by atoms with E-state index in [2.05, 4.69) is 9.62 Å². The minimum absolute atomic E-state index is 0.212. The fourth-order valence-corrected chi connectivity index (χ4v) is 4.44. The fourth-order valence-electron chi connectivity index (χ4n) is 2.40. The van der Waals surface area contributed by atoms with Crippen molar-refractivity contribution in [1.29, 1.82) is 0 Å². The van der Waals surface area contributed by atoms with Crippen molar-refractivity contribution in [1.82, 2.24) is 0 Å². The van der Waals surface area contributed by atoms with E-state index in [0.717, 1.165) is 23.9 Å². The Kier molecular flexibility index (Phi) is 4.68. The van der Waals surface area contributed by atoms with E-state index in [9.17, 15) is 8.42 Å². The third-order valence-electron chi connectivity index (χ3n) is 3.61. The van der Waals surface area contributed by atoms with Crippen molar-refractivity contribution < 1.29 is 13.2 Å². The Morgan fingerprint density at radius 1 is 1.13 bits per heavy atom. The van der Waals surface area contributed by atoms with Gasteiger partial charge in [-0.15, -0.1) is 11.8 Å². The molecule has 1 aliphatic rings. The zero-order valence-electron chi connectivity index (χ0n) is 12.7. The number of methoxy groups -OCH3 is 1. The Bertz CT molecular complexity index is 770. The van der Waals surface area contributed by atoms with Gasteiger partial charge >= 0.3 is 0 Å². The van der Waals surface area contributed by atoms with Crippen molar-refractivity contribution in [2.45, 2.75) is 4.90 Å². The van der Waals surface area contributed by atoms with E-state index < -0.39 is 10.0 Å². The standard InChI is InChI=1S/C16H18N2O3S2/c1-21-13-6-8-14(9-7-13)23(19,20)17-15-4-2-3-5-16(15)18-10-11-22-12-18/h2-9,17H,10-12H2,1H3. The Morgan fingerprint density at radius 3 is 2.52 bits per heavy atom. The van der Waals surface area contributed by atoms with E-state index in [1.165, 1.54) is 12.1 Å². The van der Waals surface area contributed by atoms with Crippen LogP contribution in [0.2, 0.25) is 0 Å². The van der Waals surface area contributed by atoms with Gasteiger partial charge in [-0.25, -0.2) is 8.42 Å². The number of nitrogens with zero attached hydrogens (tertiary/aromatic N) is 1. The van der Waals surface area contributed by atoms with Crippen LogP contribution < -0.4 is 14.4 Å². The maximum absolute atomic E-state index is 12.6. The molecular formula is C16H18N2O3S2. The summed E-state index contributed by atoms with van der Waals surface area (Å²) in [5, 5.41) is 0. The first-order valence-electron chi connectivity index (χ1n) is 7.19. The molecule has 3 rings (SSSR count). The summed E-state index contributed by atoms with van der Waals surface area (Å²) >= 11 is 1.84. The SMILES string of the molecule is COc1ccc(S(=O)(=O)Nc2ccccc2N2CCSC2)cc1. The maximum Gasteiger partial charge on any atom is 0.261 e. The molecule has 2 aromatic carbocycles. The summed E-state index contributed by atoms with van der Waals surface area (Å²) < 4.78 is 32.9. The molecule has 23 heavy (non-hydrogen) atoms. The largest absolute Gasteiger partial charge is 0.497 e. The van der Waals surface area contributed by atoms with Crippen molar-refractivity contribution in [2.75, 3.05) is 34.9 Å². The molecule has 0 spiro atoms. The average Bonchev–Trinajstić information content (AvgIpc) is 3.09. The van der Waals surface area contributed by atoms with Gasteiger partial charge in [0.2, 0.25) is 0 Å². The molecule has 0 amide bonds. The average molecular weight is 350 g/mol. The van der Waals surface area contributed by atoms with E-state index in [1.54, 1.807) is 25.3 Å². The highest BCUT2D eigenvalue weighted by atomic mass is 32.2. The highest BCUT2D eigenvalue weighted by Gasteiger charge is 2.20. The summed E-state index contributed by atoms with van der Waals surface area (Å²) in [6.07, 6.45) is 0. The minimum atomic E-state index is -3.63. The molecule has 0 aromatic heterocycles. The molecule has 0 aliphatic carbocycles. The number of thioether (sulfide) groups is 1. The molecule has 0 atom stereocenters. The van der Waals surface area contributed by atoms with Crippen LogP contribution in [0.1, 0.15) is 0 Å². The van der Waals surface area contributed by atoms with Crippen molar-refractivity contribution in [3.8, 4) is 5.75 Å². The summed E-state index contributed by atoms with van der Waals surface area (Å²) in [5.41, 5.74) is 1.51. The van der Waals surface area contributed by atoms with E-state index in [0.29, 0.717) is 11.4 Å². The number of hydrogen-bond acceptors (Lipinski definition) is 5. The Morgan fingerprint density at radius 2 is 1.87 bits per heavy atom. The van der Waals surface area contributed by atoms with E-state index >= 15 is 0 Å². The van der Waals surface area contributed by atoms with Gasteiger partial charge in [0.25, 0.3) is 10.0 Å². The van der Waals surface area contributed by atoms with Crippen LogP contribution in [0.4, 0.5) is 11.4 Å². The molecule has 5 nitrogen and oxygen atoms in total. The van der Waals surface area contributed by atoms with E-state index in [4.69, 9.17) is 4.74 Å². The quantitative estimate of drug-likeness (QED) is 0.898. The topological polar surface area (TPSA) is 58.6 Å². The fraction of sp³-hybridized carbons (Fsp3) is 0.250. The van der Waals surface area contributed by atoms with Gasteiger partial charge in [-0.3, -0.25) is 4.72 Å². The van der Waals surface area contributed by atoms with E-state index in [-0.39, 0.29) is 4.90 Å². The summed E-state index contributed by atoms with van der Waals surface area (Å²) in [5.74, 6) is 2.55. The molecule has 0 bridgehead atoms. The summed E-state index contributed by atoms with van der Waals surface area (Å²) in [6.45, 7) is 0.923. The molecule has 0 unspecified atom stereocenters. The molecule has 7 heteroatoms. The van der Waals surface area contributed by atoms with Gasteiger partial charge in [0.15, 0.2) is 0 Å². The lowest BCUT2D eigenvalue weighted by Gasteiger charge is -2.21. The predicted octanol–water partition coefficient (Wildman–Crippen LogP) is 3.01. The molecule has 2 aromatic rings. The molecule has 0 radical (unpaired) electrons. The number of nitrogens with one attached hydrogen (secondary N) is 1. The van der Waals surface area contributed by atoms with Crippen molar-refractivity contribution >= 4 is 33.2 Å². The van der Waals surface area contributed by atoms with Crippen molar-refractivity contribution in [2.24, 2.45) is 0 Å². The van der Waals surface area contributed by atoms with Crippen LogP contribution in [-0.4, -0.2) is 33.7 Å². The summed E-state index contributed by atoms with van der Waals surface area (Å²) in [6, 6.07) is 13.8. The molecule has 1 heterocycles. The number of sulfonamides is 1. The second kappa shape index (κ2) is 6.72. The van der Waals surface area contributed by atoms with Crippen LogP contribution >= 0.6 is 11.8 Å². The first-order valence-corrected chi connectivity index (χ1v) is 9.82. The second-order valence-electron chi connectivity index (χ2n) is 5.10. The summed E-state index contributed by atoms with van der Waals surface area (Å²) in [7, 11) is -2.08. The number of hydrogen-bond donors (Lipinski definition) is 1. The van der Waals surface area contributed by atoms with Gasteiger partial charge in [0, 0.05) is 12.3 Å². The lowest BCUT2D eigenvalue weighted by atomic mass is 10.2. The number of para-hydroxylation sites is 2. The Hall–Kier alpha value is -1.86. The Labute approximate surface area is 140 Å². The zero-order chi connectivity index (χ0) is 16.3. The molecule has 122 valence electrons. The highest BCUT2D eigenvalue weighted by Crippen LogP contribution is 2.31. The van der Waals surface area contributed by atoms with Gasteiger partial charge in [0.05, 0.1) is 29.3 Å². The van der Waals surface area contributed by atoms with Crippen LogP contribution in [0.25, 0.3) is 0 Å². The molecule has 1 aliphatic heterocycles. The van der Waals surface area contributed by atoms with Gasteiger partial charge in [-0.05, 0) is 36.4 Å². The second-order valence-corrected chi connectivity index (χ2v) is 7.86. The number of anilines is 2. The van der Waals surface area contributed by atoms with Gasteiger partial charge in [-0.1, -0.05) is 12.1 Å². The Balaban J connectivity index is 1.88. The zero-order valence-corrected chi connectivity index (χ0v) is 14.4. The van der Waals surface area contributed by atoms with Gasteiger partial charge in [-0.2, -0.15) is 0 Å². The van der Waals surface area contributed by atoms with Crippen molar-refractivity contribution in [3.05, 3.63) is 48.5 Å².